The van der Waals surface area contributed by atoms with Crippen LogP contribution in [0.2, 0.25) is 0 Å². The minimum atomic E-state index is 0.517. The summed E-state index contributed by atoms with van der Waals surface area (Å²) in [6.45, 7) is 3.77. The van der Waals surface area contributed by atoms with Crippen molar-refractivity contribution in [1.82, 2.24) is 14.8 Å². The van der Waals surface area contributed by atoms with Crippen molar-refractivity contribution in [2.24, 2.45) is 5.73 Å². The van der Waals surface area contributed by atoms with Gasteiger partial charge in [0.05, 0.1) is 11.4 Å². The number of likely N-dealkylation sites (tertiary alicyclic amines) is 1. The molecular weight excluding hydrogens is 224 g/mol. The molecule has 4 heteroatoms. The summed E-state index contributed by atoms with van der Waals surface area (Å²) in [7, 11) is 4.39. The third-order valence-corrected chi connectivity index (χ3v) is 3.70. The topological polar surface area (TPSA) is 45.4 Å². The maximum Gasteiger partial charge on any atom is 0.0547 e. The highest BCUT2D eigenvalue weighted by Crippen LogP contribution is 2.16. The standard InChI is InChI=1S/C14H24N4/c1-17(11-14-7-4-8-18(14)2)10-13-6-3-5-12(9-15)16-13/h3,5-6,14H,4,7-11,15H2,1-2H3. The number of likely N-dealkylation sites (N-methyl/N-ethyl adjacent to an activating group) is 2. The lowest BCUT2D eigenvalue weighted by atomic mass is 10.2. The molecule has 1 unspecified atom stereocenters. The van der Waals surface area contributed by atoms with Crippen LogP contribution in [0.25, 0.3) is 0 Å². The minimum Gasteiger partial charge on any atom is -0.325 e. The van der Waals surface area contributed by atoms with Crippen molar-refractivity contribution < 1.29 is 0 Å². The number of aromatic nitrogens is 1. The summed E-state index contributed by atoms with van der Waals surface area (Å²) in [4.78, 5) is 9.36. The molecule has 1 fully saturated rings. The Hall–Kier alpha value is -0.970. The molecule has 1 aliphatic rings. The molecule has 1 atom stereocenters. The summed E-state index contributed by atoms with van der Waals surface area (Å²) in [5, 5.41) is 0. The number of rotatable bonds is 5. The van der Waals surface area contributed by atoms with Crippen molar-refractivity contribution in [2.75, 3.05) is 27.2 Å². The van der Waals surface area contributed by atoms with E-state index in [4.69, 9.17) is 5.73 Å². The third kappa shape index (κ3) is 3.51. The first-order valence-corrected chi connectivity index (χ1v) is 6.72. The molecule has 0 amide bonds. The zero-order valence-electron chi connectivity index (χ0n) is 11.5. The predicted octanol–water partition coefficient (Wildman–Crippen LogP) is 1.07. The Bertz CT molecular complexity index is 380. The maximum absolute atomic E-state index is 5.62. The lowest BCUT2D eigenvalue weighted by Crippen LogP contribution is -2.36. The highest BCUT2D eigenvalue weighted by molar-refractivity contribution is 5.11. The zero-order valence-corrected chi connectivity index (χ0v) is 11.5. The fourth-order valence-electron chi connectivity index (χ4n) is 2.64. The van der Waals surface area contributed by atoms with Crippen LogP contribution in [0.15, 0.2) is 18.2 Å². The van der Waals surface area contributed by atoms with Crippen molar-refractivity contribution in [3.8, 4) is 0 Å². The Kier molecular flexibility index (Phi) is 4.69. The van der Waals surface area contributed by atoms with Crippen molar-refractivity contribution in [2.45, 2.75) is 32.0 Å². The smallest absolute Gasteiger partial charge is 0.0547 e. The molecule has 2 N–H and O–H groups in total. The number of nitrogens with zero attached hydrogens (tertiary/aromatic N) is 3. The molecule has 1 aromatic heterocycles. The quantitative estimate of drug-likeness (QED) is 0.846. The largest absolute Gasteiger partial charge is 0.325 e. The van der Waals surface area contributed by atoms with E-state index in [1.165, 1.54) is 19.4 Å². The van der Waals surface area contributed by atoms with Crippen molar-refractivity contribution in [3.63, 3.8) is 0 Å². The van der Waals surface area contributed by atoms with Gasteiger partial charge >= 0.3 is 0 Å². The van der Waals surface area contributed by atoms with E-state index >= 15 is 0 Å². The van der Waals surface area contributed by atoms with Gasteiger partial charge in [0.1, 0.15) is 0 Å². The van der Waals surface area contributed by atoms with Gasteiger partial charge in [0.25, 0.3) is 0 Å². The van der Waals surface area contributed by atoms with Gasteiger partial charge in [-0.3, -0.25) is 9.88 Å². The molecule has 1 saturated heterocycles. The number of pyridine rings is 1. The molecule has 0 radical (unpaired) electrons. The van der Waals surface area contributed by atoms with Crippen molar-refractivity contribution in [3.05, 3.63) is 29.6 Å². The van der Waals surface area contributed by atoms with Gasteiger partial charge in [-0.1, -0.05) is 6.07 Å². The zero-order chi connectivity index (χ0) is 13.0. The van der Waals surface area contributed by atoms with E-state index < -0.39 is 0 Å². The SMILES string of the molecule is CN(Cc1cccc(CN)n1)CC1CCCN1C. The molecule has 0 aromatic carbocycles. The molecule has 2 rings (SSSR count). The molecule has 0 spiro atoms. The summed E-state index contributed by atoms with van der Waals surface area (Å²) in [6.07, 6.45) is 2.65. The van der Waals surface area contributed by atoms with Gasteiger partial charge in [0, 0.05) is 25.7 Å². The molecule has 0 aliphatic carbocycles. The van der Waals surface area contributed by atoms with Gasteiger partial charge in [0.2, 0.25) is 0 Å². The van der Waals surface area contributed by atoms with Crippen LogP contribution >= 0.6 is 0 Å². The number of nitrogens with two attached hydrogens (primary N) is 1. The van der Waals surface area contributed by atoms with E-state index in [1.54, 1.807) is 0 Å². The minimum absolute atomic E-state index is 0.517. The van der Waals surface area contributed by atoms with Crippen LogP contribution in [0.5, 0.6) is 0 Å². The van der Waals surface area contributed by atoms with Crippen LogP contribution in [-0.4, -0.2) is 48.0 Å². The number of hydrogen-bond donors (Lipinski definition) is 1. The summed E-state index contributed by atoms with van der Waals surface area (Å²) in [5.41, 5.74) is 7.70. The lowest BCUT2D eigenvalue weighted by Gasteiger charge is -2.25. The molecule has 1 aromatic rings. The highest BCUT2D eigenvalue weighted by atomic mass is 15.2. The Morgan fingerprint density at radius 2 is 2.22 bits per heavy atom. The molecule has 18 heavy (non-hydrogen) atoms. The van der Waals surface area contributed by atoms with Gasteiger partial charge in [-0.15, -0.1) is 0 Å². The fourth-order valence-corrected chi connectivity index (χ4v) is 2.64. The lowest BCUT2D eigenvalue weighted by molar-refractivity contribution is 0.214. The van der Waals surface area contributed by atoms with Crippen LogP contribution in [0, 0.1) is 0 Å². The first-order chi connectivity index (χ1) is 8.69. The van der Waals surface area contributed by atoms with Crippen LogP contribution < -0.4 is 5.73 Å². The molecule has 100 valence electrons. The average molecular weight is 248 g/mol. The van der Waals surface area contributed by atoms with Gasteiger partial charge < -0.3 is 10.6 Å². The average Bonchev–Trinajstić information content (AvgIpc) is 2.75. The van der Waals surface area contributed by atoms with Gasteiger partial charge in [0.15, 0.2) is 0 Å². The van der Waals surface area contributed by atoms with E-state index in [0.717, 1.165) is 24.5 Å². The second-order valence-corrected chi connectivity index (χ2v) is 5.30. The van der Waals surface area contributed by atoms with E-state index in [9.17, 15) is 0 Å². The van der Waals surface area contributed by atoms with E-state index in [-0.39, 0.29) is 0 Å². The number of hydrogen-bond acceptors (Lipinski definition) is 4. The third-order valence-electron chi connectivity index (χ3n) is 3.70. The van der Waals surface area contributed by atoms with E-state index in [2.05, 4.69) is 34.9 Å². The summed E-state index contributed by atoms with van der Waals surface area (Å²) < 4.78 is 0. The summed E-state index contributed by atoms with van der Waals surface area (Å²) >= 11 is 0. The predicted molar refractivity (Wildman–Crippen MR) is 74.1 cm³/mol. The van der Waals surface area contributed by atoms with Crippen molar-refractivity contribution in [1.29, 1.82) is 0 Å². The molecule has 1 aliphatic heterocycles. The van der Waals surface area contributed by atoms with Crippen molar-refractivity contribution >= 4 is 0 Å². The summed E-state index contributed by atoms with van der Waals surface area (Å²) in [5.74, 6) is 0. The summed E-state index contributed by atoms with van der Waals surface area (Å²) in [6, 6.07) is 6.80. The second-order valence-electron chi connectivity index (χ2n) is 5.30. The highest BCUT2D eigenvalue weighted by Gasteiger charge is 2.21. The Balaban J connectivity index is 1.88. The maximum atomic E-state index is 5.62. The van der Waals surface area contributed by atoms with Gasteiger partial charge in [-0.25, -0.2) is 0 Å². The van der Waals surface area contributed by atoms with E-state index in [0.29, 0.717) is 12.6 Å². The molecule has 0 saturated carbocycles. The van der Waals surface area contributed by atoms with Crippen LogP contribution in [-0.2, 0) is 13.1 Å². The molecular formula is C14H24N4. The fraction of sp³-hybridized carbons (Fsp3) is 0.643. The normalized spacial score (nSPS) is 20.8. The van der Waals surface area contributed by atoms with Crippen LogP contribution in [0.3, 0.4) is 0 Å². The van der Waals surface area contributed by atoms with Crippen LogP contribution in [0.4, 0.5) is 0 Å². The Morgan fingerprint density at radius 1 is 1.44 bits per heavy atom. The van der Waals surface area contributed by atoms with Crippen LogP contribution in [0.1, 0.15) is 24.2 Å². The Labute approximate surface area is 110 Å². The first-order valence-electron chi connectivity index (χ1n) is 6.72. The molecule has 4 nitrogen and oxygen atoms in total. The Morgan fingerprint density at radius 3 is 2.89 bits per heavy atom. The monoisotopic (exact) mass is 248 g/mol. The van der Waals surface area contributed by atoms with E-state index in [1.807, 2.05) is 12.1 Å². The first kappa shape index (κ1) is 13.5. The molecule has 0 bridgehead atoms. The molecule has 2 heterocycles. The van der Waals surface area contributed by atoms with Gasteiger partial charge in [-0.05, 0) is 45.6 Å². The van der Waals surface area contributed by atoms with Gasteiger partial charge in [-0.2, -0.15) is 0 Å². The second kappa shape index (κ2) is 6.27.